The van der Waals surface area contributed by atoms with Crippen LogP contribution < -0.4 is 10.5 Å². The number of likely N-dealkylation sites (N-methyl/N-ethyl adjacent to an activating group) is 1. The summed E-state index contributed by atoms with van der Waals surface area (Å²) in [6.07, 6.45) is 1.15. The van der Waals surface area contributed by atoms with Gasteiger partial charge >= 0.3 is 0 Å². The second-order valence-corrected chi connectivity index (χ2v) is 4.15. The summed E-state index contributed by atoms with van der Waals surface area (Å²) in [5.74, 6) is 0.150. The third kappa shape index (κ3) is 2.33. The van der Waals surface area contributed by atoms with E-state index >= 15 is 0 Å². The predicted molar refractivity (Wildman–Crippen MR) is 61.5 cm³/mol. The van der Waals surface area contributed by atoms with E-state index in [1.165, 1.54) is 0 Å². The van der Waals surface area contributed by atoms with Gasteiger partial charge in [-0.25, -0.2) is 0 Å². The third-order valence-electron chi connectivity index (χ3n) is 2.79. The molecule has 1 aliphatic heterocycles. The first-order chi connectivity index (χ1) is 7.66. The molecule has 86 valence electrons. The van der Waals surface area contributed by atoms with Gasteiger partial charge in [0.2, 0.25) is 0 Å². The molecule has 0 radical (unpaired) electrons. The molecule has 1 unspecified atom stereocenters. The number of benzene rings is 1. The van der Waals surface area contributed by atoms with Gasteiger partial charge in [0.05, 0.1) is 5.56 Å². The second-order valence-electron chi connectivity index (χ2n) is 4.15. The number of nitrogens with zero attached hydrogens (tertiary/aromatic N) is 1. The van der Waals surface area contributed by atoms with Gasteiger partial charge in [-0.2, -0.15) is 0 Å². The third-order valence-corrected chi connectivity index (χ3v) is 2.79. The van der Waals surface area contributed by atoms with Gasteiger partial charge in [-0.3, -0.25) is 4.79 Å². The quantitative estimate of drug-likeness (QED) is 0.822. The number of carbonyl (C=O) groups is 1. The summed E-state index contributed by atoms with van der Waals surface area (Å²) < 4.78 is 5.80. The van der Waals surface area contributed by atoms with Gasteiger partial charge in [-0.1, -0.05) is 12.1 Å². The Morgan fingerprint density at radius 1 is 1.50 bits per heavy atom. The molecule has 1 heterocycles. The number of nitrogens with two attached hydrogens (primary N) is 1. The lowest BCUT2D eigenvalue weighted by atomic mass is 10.2. The van der Waals surface area contributed by atoms with Crippen molar-refractivity contribution in [2.24, 2.45) is 5.73 Å². The number of likely N-dealkylation sites (tertiary alicyclic amines) is 1. The van der Waals surface area contributed by atoms with Crippen molar-refractivity contribution in [3.63, 3.8) is 0 Å². The molecule has 0 saturated carbocycles. The lowest BCUT2D eigenvalue weighted by Gasteiger charge is -2.15. The maximum Gasteiger partial charge on any atom is 0.252 e. The van der Waals surface area contributed by atoms with E-state index in [9.17, 15) is 4.79 Å². The van der Waals surface area contributed by atoms with Crippen LogP contribution in [0.3, 0.4) is 0 Å². The zero-order valence-corrected chi connectivity index (χ0v) is 9.35. The molecule has 1 atom stereocenters. The number of primary amides is 1. The summed E-state index contributed by atoms with van der Waals surface area (Å²) in [6, 6.07) is 7.11. The monoisotopic (exact) mass is 220 g/mol. The minimum atomic E-state index is -0.443. The van der Waals surface area contributed by atoms with Gasteiger partial charge in [0.1, 0.15) is 11.9 Å². The summed E-state index contributed by atoms with van der Waals surface area (Å²) >= 11 is 0. The van der Waals surface area contributed by atoms with E-state index in [0.717, 1.165) is 19.5 Å². The van der Waals surface area contributed by atoms with E-state index in [2.05, 4.69) is 11.9 Å². The summed E-state index contributed by atoms with van der Waals surface area (Å²) in [7, 11) is 2.06. The molecule has 0 aromatic heterocycles. The maximum absolute atomic E-state index is 11.2. The highest BCUT2D eigenvalue weighted by molar-refractivity contribution is 5.95. The smallest absolute Gasteiger partial charge is 0.252 e. The Balaban J connectivity index is 2.12. The van der Waals surface area contributed by atoms with E-state index < -0.39 is 5.91 Å². The lowest BCUT2D eigenvalue weighted by molar-refractivity contribution is 0.0993. The minimum absolute atomic E-state index is 0.158. The number of rotatable bonds is 3. The van der Waals surface area contributed by atoms with E-state index in [0.29, 0.717) is 11.3 Å². The first-order valence-electron chi connectivity index (χ1n) is 5.41. The molecule has 0 aliphatic carbocycles. The predicted octanol–water partition coefficient (Wildman–Crippen LogP) is 0.868. The van der Waals surface area contributed by atoms with Crippen molar-refractivity contribution in [2.45, 2.75) is 12.5 Å². The van der Waals surface area contributed by atoms with Crippen molar-refractivity contribution in [3.05, 3.63) is 29.8 Å². The molecule has 4 heteroatoms. The van der Waals surface area contributed by atoms with Crippen LogP contribution in [0.15, 0.2) is 24.3 Å². The summed E-state index contributed by atoms with van der Waals surface area (Å²) in [4.78, 5) is 13.4. The lowest BCUT2D eigenvalue weighted by Crippen LogP contribution is -2.23. The molecule has 0 bridgehead atoms. The van der Waals surface area contributed by atoms with E-state index in [-0.39, 0.29) is 6.10 Å². The van der Waals surface area contributed by atoms with Gasteiger partial charge in [0.15, 0.2) is 0 Å². The zero-order chi connectivity index (χ0) is 11.5. The van der Waals surface area contributed by atoms with Crippen molar-refractivity contribution < 1.29 is 9.53 Å². The van der Waals surface area contributed by atoms with Crippen LogP contribution in [0.25, 0.3) is 0 Å². The Labute approximate surface area is 95.0 Å². The highest BCUT2D eigenvalue weighted by Gasteiger charge is 2.22. The molecule has 1 aromatic rings. The fourth-order valence-electron chi connectivity index (χ4n) is 1.94. The van der Waals surface area contributed by atoms with Gasteiger partial charge in [-0.05, 0) is 25.6 Å². The van der Waals surface area contributed by atoms with E-state index in [1.807, 2.05) is 6.07 Å². The Hall–Kier alpha value is -1.55. The largest absolute Gasteiger partial charge is 0.488 e. The van der Waals surface area contributed by atoms with Crippen LogP contribution in [0.2, 0.25) is 0 Å². The van der Waals surface area contributed by atoms with Gasteiger partial charge in [0.25, 0.3) is 5.91 Å². The number of carbonyl (C=O) groups excluding carboxylic acids is 1. The normalized spacial score (nSPS) is 20.9. The fraction of sp³-hybridized carbons (Fsp3) is 0.417. The molecule has 4 nitrogen and oxygen atoms in total. The maximum atomic E-state index is 11.2. The summed E-state index contributed by atoms with van der Waals surface area (Å²) in [5.41, 5.74) is 5.74. The van der Waals surface area contributed by atoms with Gasteiger partial charge in [-0.15, -0.1) is 0 Å². The molecular formula is C12H16N2O2. The molecule has 1 fully saturated rings. The first-order valence-corrected chi connectivity index (χ1v) is 5.41. The highest BCUT2D eigenvalue weighted by atomic mass is 16.5. The van der Waals surface area contributed by atoms with Crippen molar-refractivity contribution in [3.8, 4) is 5.75 Å². The van der Waals surface area contributed by atoms with Crippen molar-refractivity contribution in [1.82, 2.24) is 4.90 Å². The van der Waals surface area contributed by atoms with E-state index in [4.69, 9.17) is 10.5 Å². The minimum Gasteiger partial charge on any atom is -0.488 e. The van der Waals surface area contributed by atoms with Crippen LogP contribution >= 0.6 is 0 Å². The summed E-state index contributed by atoms with van der Waals surface area (Å²) in [6.45, 7) is 1.93. The Bertz CT molecular complexity index is 392. The van der Waals surface area contributed by atoms with Crippen molar-refractivity contribution >= 4 is 5.91 Å². The van der Waals surface area contributed by atoms with E-state index in [1.54, 1.807) is 18.2 Å². The van der Waals surface area contributed by atoms with Crippen molar-refractivity contribution in [2.75, 3.05) is 20.1 Å². The molecular weight excluding hydrogens is 204 g/mol. The zero-order valence-electron chi connectivity index (χ0n) is 9.35. The Kier molecular flexibility index (Phi) is 3.10. The van der Waals surface area contributed by atoms with Crippen LogP contribution in [0.5, 0.6) is 5.75 Å². The van der Waals surface area contributed by atoms with Crippen LogP contribution in [-0.2, 0) is 0 Å². The van der Waals surface area contributed by atoms with Gasteiger partial charge < -0.3 is 15.4 Å². The number of para-hydroxylation sites is 1. The number of hydrogen-bond acceptors (Lipinski definition) is 3. The molecule has 1 amide bonds. The Morgan fingerprint density at radius 3 is 2.88 bits per heavy atom. The average Bonchev–Trinajstić information content (AvgIpc) is 2.64. The number of ether oxygens (including phenoxy) is 1. The number of amides is 1. The van der Waals surface area contributed by atoms with Crippen LogP contribution in [0, 0.1) is 0 Å². The molecule has 16 heavy (non-hydrogen) atoms. The molecule has 2 rings (SSSR count). The SMILES string of the molecule is CN1CCC(Oc2ccccc2C(N)=O)C1. The molecule has 1 saturated heterocycles. The van der Waals surface area contributed by atoms with Crippen LogP contribution in [-0.4, -0.2) is 37.0 Å². The second kappa shape index (κ2) is 4.53. The average molecular weight is 220 g/mol. The fourth-order valence-corrected chi connectivity index (χ4v) is 1.94. The van der Waals surface area contributed by atoms with Crippen LogP contribution in [0.1, 0.15) is 16.8 Å². The molecule has 1 aliphatic rings. The number of hydrogen-bond donors (Lipinski definition) is 1. The topological polar surface area (TPSA) is 55.6 Å². The standard InChI is InChI=1S/C12H16N2O2/c1-14-7-6-9(8-14)16-11-5-3-2-4-10(11)12(13)15/h2-5,9H,6-8H2,1H3,(H2,13,15). The summed E-state index contributed by atoms with van der Waals surface area (Å²) in [5, 5.41) is 0. The molecule has 0 spiro atoms. The van der Waals surface area contributed by atoms with Crippen molar-refractivity contribution in [1.29, 1.82) is 0 Å². The molecule has 2 N–H and O–H groups in total. The first kappa shape index (κ1) is 11.0. The molecule has 1 aromatic carbocycles. The van der Waals surface area contributed by atoms with Crippen LogP contribution in [0.4, 0.5) is 0 Å². The highest BCUT2D eigenvalue weighted by Crippen LogP contribution is 2.21. The Morgan fingerprint density at radius 2 is 2.25 bits per heavy atom. The van der Waals surface area contributed by atoms with Gasteiger partial charge in [0, 0.05) is 13.1 Å².